The minimum Gasteiger partial charge on any atom is -0.507 e. The van der Waals surface area contributed by atoms with E-state index < -0.39 is 23.7 Å². The van der Waals surface area contributed by atoms with E-state index in [4.69, 9.17) is 9.47 Å². The standard InChI is InChI=1S/C29H30N2O6S/c1-15-14-18(10-13-20(15)36-6)23(32)21-22(17-8-11-19(12-9-17)29(3,4)5)31(26(34)24(21)33)28-30-16(2)25(38-28)27(35)37-7/h8-14,22,32H,1-7H3. The number of hydrogen-bond acceptors (Lipinski definition) is 8. The fraction of sp³-hybridized carbons (Fsp3) is 0.310. The van der Waals surface area contributed by atoms with Crippen LogP contribution in [-0.4, -0.2) is 42.0 Å². The van der Waals surface area contributed by atoms with Gasteiger partial charge in [0.1, 0.15) is 16.4 Å². The molecule has 1 atom stereocenters. The number of ether oxygens (including phenoxy) is 2. The Labute approximate surface area is 225 Å². The molecule has 1 aliphatic rings. The van der Waals surface area contributed by atoms with Crippen molar-refractivity contribution in [1.82, 2.24) is 4.98 Å². The summed E-state index contributed by atoms with van der Waals surface area (Å²) in [7, 11) is 2.81. The molecule has 1 aliphatic heterocycles. The molecule has 2 heterocycles. The number of amides is 1. The fourth-order valence-electron chi connectivity index (χ4n) is 4.46. The molecule has 3 aromatic rings. The van der Waals surface area contributed by atoms with Crippen molar-refractivity contribution in [2.45, 2.75) is 46.1 Å². The molecule has 1 aromatic heterocycles. The predicted molar refractivity (Wildman–Crippen MR) is 146 cm³/mol. The van der Waals surface area contributed by atoms with Gasteiger partial charge in [0.05, 0.1) is 31.5 Å². The number of benzene rings is 2. The largest absolute Gasteiger partial charge is 0.507 e. The molecule has 1 amide bonds. The third kappa shape index (κ3) is 4.69. The van der Waals surface area contributed by atoms with Crippen molar-refractivity contribution in [2.24, 2.45) is 0 Å². The third-order valence-electron chi connectivity index (χ3n) is 6.57. The van der Waals surface area contributed by atoms with Crippen molar-refractivity contribution >= 4 is 39.9 Å². The predicted octanol–water partition coefficient (Wildman–Crippen LogP) is 5.48. The molecule has 1 saturated heterocycles. The number of esters is 1. The summed E-state index contributed by atoms with van der Waals surface area (Å²) in [5.41, 5.74) is 3.04. The molecule has 8 nitrogen and oxygen atoms in total. The van der Waals surface area contributed by atoms with Crippen LogP contribution in [0.5, 0.6) is 5.75 Å². The van der Waals surface area contributed by atoms with Gasteiger partial charge >= 0.3 is 11.9 Å². The van der Waals surface area contributed by atoms with Crippen LogP contribution in [0.25, 0.3) is 5.76 Å². The van der Waals surface area contributed by atoms with E-state index in [2.05, 4.69) is 25.8 Å². The van der Waals surface area contributed by atoms with Gasteiger partial charge in [0.15, 0.2) is 5.13 Å². The summed E-state index contributed by atoms with van der Waals surface area (Å²) in [5, 5.41) is 11.6. The second-order valence-electron chi connectivity index (χ2n) is 10.1. The van der Waals surface area contributed by atoms with E-state index in [0.717, 1.165) is 22.5 Å². The first-order chi connectivity index (χ1) is 17.9. The molecule has 4 rings (SSSR count). The molecular formula is C29H30N2O6S. The number of hydrogen-bond donors (Lipinski definition) is 1. The highest BCUT2D eigenvalue weighted by Crippen LogP contribution is 2.44. The maximum absolute atomic E-state index is 13.5. The Balaban J connectivity index is 1.94. The second-order valence-corrected chi connectivity index (χ2v) is 11.1. The van der Waals surface area contributed by atoms with Crippen molar-refractivity contribution in [3.8, 4) is 5.75 Å². The number of ketones is 1. The number of nitrogens with zero attached hydrogens (tertiary/aromatic N) is 2. The number of rotatable bonds is 5. The molecule has 0 bridgehead atoms. The van der Waals surface area contributed by atoms with Crippen molar-refractivity contribution in [3.63, 3.8) is 0 Å². The summed E-state index contributed by atoms with van der Waals surface area (Å²) in [6.45, 7) is 9.73. The zero-order valence-corrected chi connectivity index (χ0v) is 23.2. The zero-order valence-electron chi connectivity index (χ0n) is 22.4. The summed E-state index contributed by atoms with van der Waals surface area (Å²) in [6.07, 6.45) is 0. The van der Waals surface area contributed by atoms with Crippen LogP contribution in [0.2, 0.25) is 0 Å². The van der Waals surface area contributed by atoms with E-state index in [-0.39, 0.29) is 26.8 Å². The average molecular weight is 535 g/mol. The van der Waals surface area contributed by atoms with Crippen molar-refractivity contribution in [1.29, 1.82) is 0 Å². The SMILES string of the molecule is COC(=O)c1sc(N2C(=O)C(=O)C(=C(O)c3ccc(OC)c(C)c3)C2c2ccc(C(C)(C)C)cc2)nc1C. The summed E-state index contributed by atoms with van der Waals surface area (Å²) in [6, 6.07) is 11.7. The Hall–Kier alpha value is -3.98. The summed E-state index contributed by atoms with van der Waals surface area (Å²) < 4.78 is 10.2. The first-order valence-electron chi connectivity index (χ1n) is 12.0. The zero-order chi connectivity index (χ0) is 27.9. The Morgan fingerprint density at radius 1 is 1.05 bits per heavy atom. The van der Waals surface area contributed by atoms with Crippen molar-refractivity contribution in [2.75, 3.05) is 19.1 Å². The number of aromatic nitrogens is 1. The number of carbonyl (C=O) groups excluding carboxylic acids is 3. The highest BCUT2D eigenvalue weighted by molar-refractivity contribution is 7.17. The smallest absolute Gasteiger partial charge is 0.350 e. The van der Waals surface area contributed by atoms with Crippen LogP contribution in [0, 0.1) is 13.8 Å². The Kier molecular flexibility index (Phi) is 7.16. The molecule has 1 unspecified atom stereocenters. The molecule has 9 heteroatoms. The van der Waals surface area contributed by atoms with E-state index >= 15 is 0 Å². The molecule has 0 radical (unpaired) electrons. The normalized spacial score (nSPS) is 17.1. The molecule has 0 saturated carbocycles. The number of Topliss-reactive ketones (excluding diaryl/α,β-unsaturated/α-hetero) is 1. The summed E-state index contributed by atoms with van der Waals surface area (Å²) in [4.78, 5) is 45.1. The van der Waals surface area contributed by atoms with Crippen LogP contribution < -0.4 is 9.64 Å². The van der Waals surface area contributed by atoms with Crippen LogP contribution >= 0.6 is 11.3 Å². The van der Waals surface area contributed by atoms with Gasteiger partial charge in [-0.3, -0.25) is 14.5 Å². The van der Waals surface area contributed by atoms with Crippen LogP contribution in [-0.2, 0) is 19.7 Å². The van der Waals surface area contributed by atoms with E-state index in [1.54, 1.807) is 32.2 Å². The van der Waals surface area contributed by atoms with E-state index in [0.29, 0.717) is 22.6 Å². The van der Waals surface area contributed by atoms with Crippen LogP contribution in [0.3, 0.4) is 0 Å². The lowest BCUT2D eigenvalue weighted by Crippen LogP contribution is -2.29. The van der Waals surface area contributed by atoms with Crippen molar-refractivity contribution in [3.05, 3.63) is 80.9 Å². The Bertz CT molecular complexity index is 1460. The lowest BCUT2D eigenvalue weighted by Gasteiger charge is -2.25. The Morgan fingerprint density at radius 2 is 1.71 bits per heavy atom. The molecule has 0 aliphatic carbocycles. The van der Waals surface area contributed by atoms with Gasteiger partial charge in [-0.15, -0.1) is 0 Å². The molecule has 38 heavy (non-hydrogen) atoms. The number of thiazole rings is 1. The third-order valence-corrected chi connectivity index (χ3v) is 7.70. The number of aryl methyl sites for hydroxylation is 2. The van der Waals surface area contributed by atoms with Crippen LogP contribution in [0.4, 0.5) is 5.13 Å². The number of anilines is 1. The number of aliphatic hydroxyl groups excluding tert-OH is 1. The van der Waals surface area contributed by atoms with Gasteiger partial charge in [-0.1, -0.05) is 56.4 Å². The molecule has 0 spiro atoms. The van der Waals surface area contributed by atoms with Gasteiger partial charge in [-0.25, -0.2) is 9.78 Å². The van der Waals surface area contributed by atoms with Gasteiger partial charge in [0, 0.05) is 5.56 Å². The fourth-order valence-corrected chi connectivity index (χ4v) is 5.47. The topological polar surface area (TPSA) is 106 Å². The monoisotopic (exact) mass is 534 g/mol. The summed E-state index contributed by atoms with van der Waals surface area (Å²) >= 11 is 0.964. The average Bonchev–Trinajstić information content (AvgIpc) is 3.39. The van der Waals surface area contributed by atoms with Gasteiger partial charge in [-0.2, -0.15) is 0 Å². The van der Waals surface area contributed by atoms with Gasteiger partial charge in [0.25, 0.3) is 5.78 Å². The molecule has 1 fully saturated rings. The van der Waals surface area contributed by atoms with Crippen LogP contribution in [0.15, 0.2) is 48.0 Å². The first kappa shape index (κ1) is 27.1. The highest BCUT2D eigenvalue weighted by Gasteiger charge is 2.48. The molecule has 2 aromatic carbocycles. The maximum Gasteiger partial charge on any atom is 0.350 e. The van der Waals surface area contributed by atoms with Crippen molar-refractivity contribution < 1.29 is 29.0 Å². The maximum atomic E-state index is 13.5. The minimum absolute atomic E-state index is 0.0597. The lowest BCUT2D eigenvalue weighted by atomic mass is 9.85. The van der Waals surface area contributed by atoms with Gasteiger partial charge < -0.3 is 14.6 Å². The highest BCUT2D eigenvalue weighted by atomic mass is 32.1. The van der Waals surface area contributed by atoms with E-state index in [1.807, 2.05) is 31.2 Å². The van der Waals surface area contributed by atoms with E-state index in [1.165, 1.54) is 12.0 Å². The minimum atomic E-state index is -0.956. The quantitative estimate of drug-likeness (QED) is 0.200. The molecular weight excluding hydrogens is 504 g/mol. The number of carbonyl (C=O) groups is 3. The number of methoxy groups -OCH3 is 2. The molecule has 198 valence electrons. The van der Waals surface area contributed by atoms with Gasteiger partial charge in [0.2, 0.25) is 0 Å². The van der Waals surface area contributed by atoms with Gasteiger partial charge in [-0.05, 0) is 54.2 Å². The van der Waals surface area contributed by atoms with Crippen LogP contribution in [0.1, 0.15) is 64.4 Å². The molecule has 1 N–H and O–H groups in total. The first-order valence-corrected chi connectivity index (χ1v) is 12.8. The number of aliphatic hydroxyl groups is 1. The second kappa shape index (κ2) is 10.1. The Morgan fingerprint density at radius 3 is 2.26 bits per heavy atom. The summed E-state index contributed by atoms with van der Waals surface area (Å²) in [5.74, 6) is -1.93. The lowest BCUT2D eigenvalue weighted by molar-refractivity contribution is -0.132. The van der Waals surface area contributed by atoms with E-state index in [9.17, 15) is 19.5 Å².